The van der Waals surface area contributed by atoms with Crippen LogP contribution >= 0.6 is 34.5 Å². The second kappa shape index (κ2) is 7.07. The number of fused-ring (bicyclic) bond motifs is 1. The largest absolute Gasteiger partial charge is 0.346 e. The Morgan fingerprint density at radius 2 is 1.96 bits per heavy atom. The Kier molecular flexibility index (Phi) is 4.63. The lowest BCUT2D eigenvalue weighted by molar-refractivity contribution is 0.0950. The minimum atomic E-state index is -0.269. The highest BCUT2D eigenvalue weighted by atomic mass is 35.5. The molecular formula is C18H12Cl2N4OS. The van der Waals surface area contributed by atoms with Gasteiger partial charge in [-0.2, -0.15) is 5.10 Å². The molecule has 0 fully saturated rings. The molecule has 5 nitrogen and oxygen atoms in total. The summed E-state index contributed by atoms with van der Waals surface area (Å²) in [6, 6.07) is 13.0. The molecule has 0 aliphatic heterocycles. The van der Waals surface area contributed by atoms with Crippen LogP contribution in [0.1, 0.15) is 15.4 Å². The third-order valence-corrected chi connectivity index (χ3v) is 5.33. The molecule has 1 amide bonds. The van der Waals surface area contributed by atoms with Crippen LogP contribution in [0.5, 0.6) is 0 Å². The molecule has 1 aromatic carbocycles. The van der Waals surface area contributed by atoms with E-state index in [1.807, 2.05) is 36.5 Å². The Morgan fingerprint density at radius 1 is 1.15 bits per heavy atom. The van der Waals surface area contributed by atoms with E-state index >= 15 is 0 Å². The van der Waals surface area contributed by atoms with Crippen molar-refractivity contribution in [1.82, 2.24) is 19.9 Å². The zero-order chi connectivity index (χ0) is 18.1. The van der Waals surface area contributed by atoms with Gasteiger partial charge in [0, 0.05) is 23.3 Å². The second-order valence-corrected chi connectivity index (χ2v) is 7.58. The lowest BCUT2D eigenvalue weighted by Crippen LogP contribution is -2.22. The van der Waals surface area contributed by atoms with E-state index in [4.69, 9.17) is 23.2 Å². The highest BCUT2D eigenvalue weighted by Crippen LogP contribution is 2.34. The smallest absolute Gasteiger partial charge is 0.280 e. The average Bonchev–Trinajstić information content (AvgIpc) is 3.24. The number of amides is 1. The van der Waals surface area contributed by atoms with Crippen molar-refractivity contribution in [2.24, 2.45) is 0 Å². The molecule has 0 bridgehead atoms. The lowest BCUT2D eigenvalue weighted by Gasteiger charge is -2.03. The molecule has 0 aliphatic carbocycles. The van der Waals surface area contributed by atoms with E-state index < -0.39 is 0 Å². The Bertz CT molecular complexity index is 1090. The van der Waals surface area contributed by atoms with Crippen LogP contribution in [0, 0.1) is 0 Å². The molecule has 8 heteroatoms. The zero-order valence-electron chi connectivity index (χ0n) is 13.3. The van der Waals surface area contributed by atoms with Gasteiger partial charge in [-0.05, 0) is 29.8 Å². The topological polar surface area (TPSA) is 59.3 Å². The third kappa shape index (κ3) is 3.31. The van der Waals surface area contributed by atoms with Crippen LogP contribution in [0.4, 0.5) is 0 Å². The van der Waals surface area contributed by atoms with E-state index in [1.54, 1.807) is 22.8 Å². The monoisotopic (exact) mass is 402 g/mol. The fourth-order valence-electron chi connectivity index (χ4n) is 2.54. The molecule has 3 heterocycles. The van der Waals surface area contributed by atoms with Crippen LogP contribution in [0.3, 0.4) is 0 Å². The first-order chi connectivity index (χ1) is 12.6. The summed E-state index contributed by atoms with van der Waals surface area (Å²) in [5, 5.41) is 8.10. The quantitative estimate of drug-likeness (QED) is 0.538. The van der Waals surface area contributed by atoms with Gasteiger partial charge in [0.1, 0.15) is 10.0 Å². The highest BCUT2D eigenvalue weighted by Gasteiger charge is 2.19. The number of pyridine rings is 1. The van der Waals surface area contributed by atoms with Gasteiger partial charge in [-0.15, -0.1) is 0 Å². The summed E-state index contributed by atoms with van der Waals surface area (Å²) < 4.78 is 2.20. The van der Waals surface area contributed by atoms with Gasteiger partial charge in [-0.25, -0.2) is 9.50 Å². The molecule has 4 rings (SSSR count). The second-order valence-electron chi connectivity index (χ2n) is 5.54. The van der Waals surface area contributed by atoms with Gasteiger partial charge in [0.2, 0.25) is 0 Å². The summed E-state index contributed by atoms with van der Waals surface area (Å²) in [7, 11) is 0. The number of aromatic nitrogens is 3. The minimum Gasteiger partial charge on any atom is -0.346 e. The molecular weight excluding hydrogens is 391 g/mol. The first kappa shape index (κ1) is 17.0. The molecule has 26 heavy (non-hydrogen) atoms. The fraction of sp³-hybridized carbons (Fsp3) is 0.0556. The number of nitrogens with zero attached hydrogens (tertiary/aromatic N) is 3. The summed E-state index contributed by atoms with van der Waals surface area (Å²) in [5.41, 5.74) is 3.19. The molecule has 1 N–H and O–H groups in total. The molecule has 0 unspecified atom stereocenters. The van der Waals surface area contributed by atoms with E-state index in [0.717, 1.165) is 28.0 Å². The third-order valence-electron chi connectivity index (χ3n) is 3.83. The molecule has 0 radical (unpaired) electrons. The van der Waals surface area contributed by atoms with Crippen LogP contribution in [0.2, 0.25) is 9.36 Å². The molecule has 0 saturated carbocycles. The zero-order valence-corrected chi connectivity index (χ0v) is 15.6. The van der Waals surface area contributed by atoms with Crippen molar-refractivity contribution >= 4 is 46.0 Å². The Labute approximate surface area is 163 Å². The molecule has 0 aliphatic rings. The van der Waals surface area contributed by atoms with Crippen molar-refractivity contribution < 1.29 is 4.79 Å². The standard InChI is InChI=1S/C18H12Cl2N4OS/c19-12-6-4-11(5-7-12)9-21-17(25)18-23-15(16(20)26-18)13-10-22-24-8-2-1-3-14(13)24/h1-8,10H,9H2,(H,21,25). The fourth-order valence-corrected chi connectivity index (χ4v) is 3.76. The van der Waals surface area contributed by atoms with Crippen molar-refractivity contribution in [3.63, 3.8) is 0 Å². The predicted octanol–water partition coefficient (Wildman–Crippen LogP) is 4.69. The van der Waals surface area contributed by atoms with Crippen molar-refractivity contribution in [2.75, 3.05) is 0 Å². The van der Waals surface area contributed by atoms with Gasteiger partial charge in [-0.1, -0.05) is 52.7 Å². The van der Waals surface area contributed by atoms with E-state index in [2.05, 4.69) is 15.4 Å². The average molecular weight is 403 g/mol. The van der Waals surface area contributed by atoms with E-state index in [9.17, 15) is 4.79 Å². The first-order valence-electron chi connectivity index (χ1n) is 7.73. The van der Waals surface area contributed by atoms with Gasteiger partial charge in [-0.3, -0.25) is 4.79 Å². The van der Waals surface area contributed by atoms with Crippen molar-refractivity contribution in [1.29, 1.82) is 0 Å². The van der Waals surface area contributed by atoms with Crippen molar-refractivity contribution in [3.05, 3.63) is 74.8 Å². The molecule has 4 aromatic rings. The number of hydrogen-bond donors (Lipinski definition) is 1. The normalized spacial score (nSPS) is 11.0. The summed E-state index contributed by atoms with van der Waals surface area (Å²) in [6.07, 6.45) is 3.55. The van der Waals surface area contributed by atoms with Crippen molar-refractivity contribution in [2.45, 2.75) is 6.54 Å². The summed E-state index contributed by atoms with van der Waals surface area (Å²) in [5.74, 6) is -0.269. The maximum absolute atomic E-state index is 12.4. The van der Waals surface area contributed by atoms with E-state index in [-0.39, 0.29) is 5.91 Å². The molecule has 130 valence electrons. The number of benzene rings is 1. The lowest BCUT2D eigenvalue weighted by atomic mass is 10.2. The van der Waals surface area contributed by atoms with Gasteiger partial charge in [0.15, 0.2) is 5.01 Å². The maximum atomic E-state index is 12.4. The number of thiazole rings is 1. The summed E-state index contributed by atoms with van der Waals surface area (Å²) in [4.78, 5) is 16.8. The van der Waals surface area contributed by atoms with Gasteiger partial charge < -0.3 is 5.32 Å². The maximum Gasteiger partial charge on any atom is 0.280 e. The Morgan fingerprint density at radius 3 is 2.77 bits per heavy atom. The minimum absolute atomic E-state index is 0.269. The van der Waals surface area contributed by atoms with Gasteiger partial charge in [0.25, 0.3) is 5.91 Å². The first-order valence-corrected chi connectivity index (χ1v) is 9.31. The molecule has 0 spiro atoms. The van der Waals surface area contributed by atoms with Crippen LogP contribution < -0.4 is 5.32 Å². The van der Waals surface area contributed by atoms with Gasteiger partial charge in [0.05, 0.1) is 11.7 Å². The van der Waals surface area contributed by atoms with Crippen LogP contribution in [0.15, 0.2) is 54.9 Å². The molecule has 0 atom stereocenters. The number of halogens is 2. The predicted molar refractivity (Wildman–Crippen MR) is 104 cm³/mol. The molecule has 0 saturated heterocycles. The SMILES string of the molecule is O=C(NCc1ccc(Cl)cc1)c1nc(-c2cnn3ccccc23)c(Cl)s1. The number of carbonyl (C=O) groups is 1. The van der Waals surface area contributed by atoms with Crippen LogP contribution in [-0.2, 0) is 6.54 Å². The highest BCUT2D eigenvalue weighted by molar-refractivity contribution is 7.18. The van der Waals surface area contributed by atoms with Crippen LogP contribution in [-0.4, -0.2) is 20.5 Å². The number of hydrogen-bond acceptors (Lipinski definition) is 4. The Balaban J connectivity index is 1.56. The summed E-state index contributed by atoms with van der Waals surface area (Å²) >= 11 is 13.4. The van der Waals surface area contributed by atoms with Crippen LogP contribution in [0.25, 0.3) is 16.8 Å². The Hall–Kier alpha value is -2.41. The molecule has 3 aromatic heterocycles. The summed E-state index contributed by atoms with van der Waals surface area (Å²) in [6.45, 7) is 0.388. The van der Waals surface area contributed by atoms with E-state index in [1.165, 1.54) is 0 Å². The number of carbonyl (C=O) groups excluding carboxylic acids is 1. The number of nitrogens with one attached hydrogen (secondary N) is 1. The number of rotatable bonds is 4. The van der Waals surface area contributed by atoms with Gasteiger partial charge >= 0.3 is 0 Å². The van der Waals surface area contributed by atoms with E-state index in [0.29, 0.717) is 26.6 Å². The van der Waals surface area contributed by atoms with Crippen molar-refractivity contribution in [3.8, 4) is 11.3 Å².